The molecule has 0 aliphatic heterocycles. The molecule has 2 N–H and O–H groups in total. The quantitative estimate of drug-likeness (QED) is 0.650. The predicted octanol–water partition coefficient (Wildman–Crippen LogP) is 3.02. The summed E-state index contributed by atoms with van der Waals surface area (Å²) >= 11 is 0. The average Bonchev–Trinajstić information content (AvgIpc) is 3.22. The summed E-state index contributed by atoms with van der Waals surface area (Å²) in [6, 6.07) is 16.4. The molecule has 0 saturated heterocycles. The Hall–Kier alpha value is -3.10. The molecule has 7 nitrogen and oxygen atoms in total. The van der Waals surface area contributed by atoms with E-state index in [1.54, 1.807) is 54.6 Å². The summed E-state index contributed by atoms with van der Waals surface area (Å²) < 4.78 is 37.6. The molecule has 3 rings (SSSR count). The third-order valence-electron chi connectivity index (χ3n) is 3.78. The van der Waals surface area contributed by atoms with E-state index >= 15 is 0 Å². The molecule has 1 aromatic heterocycles. The number of rotatable bonds is 7. The van der Waals surface area contributed by atoms with Gasteiger partial charge in [-0.15, -0.1) is 0 Å². The molecule has 0 unspecified atom stereocenters. The fourth-order valence-electron chi connectivity index (χ4n) is 2.40. The number of carbonyl (C=O) groups excluding carboxylic acids is 1. The fraction of sp³-hybridized carbons (Fsp3) is 0.105. The standard InChI is InChI=1S/C19H18N2O5S/c1-25-16-5-2-3-7-18(16)27(23,24)20-13-14-8-10-15(11-9-14)21-19(22)17-6-4-12-26-17/h2-12,20H,13H2,1H3,(H,21,22). The molecule has 0 radical (unpaired) electrons. The molecule has 0 atom stereocenters. The number of benzene rings is 2. The number of sulfonamides is 1. The number of nitrogens with one attached hydrogen (secondary N) is 2. The van der Waals surface area contributed by atoms with Crippen LogP contribution in [0.1, 0.15) is 16.1 Å². The number of hydrogen-bond acceptors (Lipinski definition) is 5. The maximum absolute atomic E-state index is 12.5. The molecule has 1 amide bonds. The Kier molecular flexibility index (Phi) is 5.58. The lowest BCUT2D eigenvalue weighted by Crippen LogP contribution is -2.23. The van der Waals surface area contributed by atoms with Crippen LogP contribution in [-0.2, 0) is 16.6 Å². The van der Waals surface area contributed by atoms with Crippen molar-refractivity contribution >= 4 is 21.6 Å². The van der Waals surface area contributed by atoms with Gasteiger partial charge in [0.1, 0.15) is 10.6 Å². The molecule has 0 saturated carbocycles. The highest BCUT2D eigenvalue weighted by molar-refractivity contribution is 7.89. The van der Waals surface area contributed by atoms with E-state index in [2.05, 4.69) is 10.0 Å². The van der Waals surface area contributed by atoms with Gasteiger partial charge in [-0.3, -0.25) is 4.79 Å². The van der Waals surface area contributed by atoms with Gasteiger partial charge in [0.15, 0.2) is 5.76 Å². The monoisotopic (exact) mass is 386 g/mol. The van der Waals surface area contributed by atoms with Crippen LogP contribution in [0, 0.1) is 0 Å². The van der Waals surface area contributed by atoms with Gasteiger partial charge in [0.2, 0.25) is 10.0 Å². The minimum absolute atomic E-state index is 0.0785. The van der Waals surface area contributed by atoms with E-state index in [1.165, 1.54) is 19.4 Å². The molecule has 0 bridgehead atoms. The Morgan fingerprint density at radius 2 is 1.78 bits per heavy atom. The van der Waals surface area contributed by atoms with E-state index in [9.17, 15) is 13.2 Å². The van der Waals surface area contributed by atoms with Crippen LogP contribution in [0.4, 0.5) is 5.69 Å². The largest absolute Gasteiger partial charge is 0.495 e. The van der Waals surface area contributed by atoms with Gasteiger partial charge in [0.05, 0.1) is 13.4 Å². The van der Waals surface area contributed by atoms with Gasteiger partial charge < -0.3 is 14.5 Å². The van der Waals surface area contributed by atoms with E-state index in [4.69, 9.17) is 9.15 Å². The first-order valence-electron chi connectivity index (χ1n) is 8.06. The first-order chi connectivity index (χ1) is 13.0. The van der Waals surface area contributed by atoms with Crippen molar-refractivity contribution in [1.82, 2.24) is 4.72 Å². The van der Waals surface area contributed by atoms with E-state index < -0.39 is 10.0 Å². The highest BCUT2D eigenvalue weighted by atomic mass is 32.2. The van der Waals surface area contributed by atoms with Gasteiger partial charge in [-0.25, -0.2) is 13.1 Å². The molecule has 0 aliphatic carbocycles. The van der Waals surface area contributed by atoms with Gasteiger partial charge in [0.25, 0.3) is 5.91 Å². The Balaban J connectivity index is 1.64. The summed E-state index contributed by atoms with van der Waals surface area (Å²) in [5.74, 6) is 0.134. The molecule has 0 aliphatic rings. The van der Waals surface area contributed by atoms with Crippen molar-refractivity contribution in [3.63, 3.8) is 0 Å². The maximum Gasteiger partial charge on any atom is 0.291 e. The topological polar surface area (TPSA) is 97.6 Å². The number of para-hydroxylation sites is 1. The molecule has 0 fully saturated rings. The Bertz CT molecular complexity index is 1010. The van der Waals surface area contributed by atoms with E-state index in [0.717, 1.165) is 5.56 Å². The zero-order valence-corrected chi connectivity index (χ0v) is 15.3. The van der Waals surface area contributed by atoms with Gasteiger partial charge in [0, 0.05) is 12.2 Å². The summed E-state index contributed by atoms with van der Waals surface area (Å²) in [6.45, 7) is 0.104. The summed E-state index contributed by atoms with van der Waals surface area (Å²) in [4.78, 5) is 12.0. The molecule has 0 spiro atoms. The second-order valence-corrected chi connectivity index (χ2v) is 7.34. The zero-order valence-electron chi connectivity index (χ0n) is 14.5. The minimum Gasteiger partial charge on any atom is -0.495 e. The van der Waals surface area contributed by atoms with Gasteiger partial charge >= 0.3 is 0 Å². The number of carbonyl (C=O) groups is 1. The van der Waals surface area contributed by atoms with Crippen molar-refractivity contribution in [3.8, 4) is 5.75 Å². The van der Waals surface area contributed by atoms with Gasteiger partial charge in [-0.05, 0) is 42.0 Å². The second kappa shape index (κ2) is 8.07. The van der Waals surface area contributed by atoms with Crippen LogP contribution in [0.25, 0.3) is 0 Å². The molecular formula is C19H18N2O5S. The van der Waals surface area contributed by atoms with E-state index in [0.29, 0.717) is 5.69 Å². The van der Waals surface area contributed by atoms with Crippen LogP contribution >= 0.6 is 0 Å². The van der Waals surface area contributed by atoms with Crippen LogP contribution in [0.3, 0.4) is 0 Å². The lowest BCUT2D eigenvalue weighted by atomic mass is 10.2. The number of methoxy groups -OCH3 is 1. The first kappa shape index (κ1) is 18.7. The third kappa shape index (κ3) is 4.55. The summed E-state index contributed by atoms with van der Waals surface area (Å²) in [5.41, 5.74) is 1.32. The Morgan fingerprint density at radius 3 is 2.44 bits per heavy atom. The van der Waals surface area contributed by atoms with Crippen LogP contribution in [0.5, 0.6) is 5.75 Å². The average molecular weight is 386 g/mol. The highest BCUT2D eigenvalue weighted by Gasteiger charge is 2.18. The van der Waals surface area contributed by atoms with Crippen LogP contribution < -0.4 is 14.8 Å². The van der Waals surface area contributed by atoms with Crippen LogP contribution in [0.2, 0.25) is 0 Å². The van der Waals surface area contributed by atoms with E-state index in [-0.39, 0.29) is 28.9 Å². The van der Waals surface area contributed by atoms with Crippen molar-refractivity contribution in [3.05, 3.63) is 78.3 Å². The molecule has 27 heavy (non-hydrogen) atoms. The smallest absolute Gasteiger partial charge is 0.291 e. The van der Waals surface area contributed by atoms with Crippen molar-refractivity contribution < 1.29 is 22.4 Å². The number of anilines is 1. The van der Waals surface area contributed by atoms with Crippen molar-refractivity contribution in [2.75, 3.05) is 12.4 Å². The number of furan rings is 1. The number of amides is 1. The fourth-order valence-corrected chi connectivity index (χ4v) is 3.59. The Labute approximate surface area is 157 Å². The predicted molar refractivity (Wildman–Crippen MR) is 100 cm³/mol. The first-order valence-corrected chi connectivity index (χ1v) is 9.54. The summed E-state index contributed by atoms with van der Waals surface area (Å²) in [5, 5.41) is 2.70. The van der Waals surface area contributed by atoms with Gasteiger partial charge in [-0.1, -0.05) is 24.3 Å². The second-order valence-electron chi connectivity index (χ2n) is 5.60. The number of hydrogen-bond donors (Lipinski definition) is 2. The maximum atomic E-state index is 12.5. The molecule has 2 aromatic carbocycles. The molecular weight excluding hydrogens is 368 g/mol. The Morgan fingerprint density at radius 1 is 1.04 bits per heavy atom. The summed E-state index contributed by atoms with van der Waals surface area (Å²) in [7, 11) is -2.30. The highest BCUT2D eigenvalue weighted by Crippen LogP contribution is 2.22. The van der Waals surface area contributed by atoms with Gasteiger partial charge in [-0.2, -0.15) is 0 Å². The van der Waals surface area contributed by atoms with Crippen LogP contribution in [-0.4, -0.2) is 21.4 Å². The lowest BCUT2D eigenvalue weighted by molar-refractivity contribution is 0.0996. The lowest BCUT2D eigenvalue weighted by Gasteiger charge is -2.11. The van der Waals surface area contributed by atoms with Crippen LogP contribution in [0.15, 0.2) is 76.2 Å². The van der Waals surface area contributed by atoms with Crippen molar-refractivity contribution in [1.29, 1.82) is 0 Å². The number of ether oxygens (including phenoxy) is 1. The molecule has 3 aromatic rings. The van der Waals surface area contributed by atoms with Crippen molar-refractivity contribution in [2.24, 2.45) is 0 Å². The zero-order chi connectivity index (χ0) is 19.3. The third-order valence-corrected chi connectivity index (χ3v) is 5.22. The van der Waals surface area contributed by atoms with Crippen molar-refractivity contribution in [2.45, 2.75) is 11.4 Å². The summed E-state index contributed by atoms with van der Waals surface area (Å²) in [6.07, 6.45) is 1.42. The molecule has 1 heterocycles. The molecule has 140 valence electrons. The SMILES string of the molecule is COc1ccccc1S(=O)(=O)NCc1ccc(NC(=O)c2ccco2)cc1. The minimum atomic E-state index is -3.72. The van der Waals surface area contributed by atoms with E-state index in [1.807, 2.05) is 0 Å². The normalized spacial score (nSPS) is 11.1. The molecule has 8 heteroatoms.